The van der Waals surface area contributed by atoms with Gasteiger partial charge in [0.15, 0.2) is 0 Å². The van der Waals surface area contributed by atoms with Crippen LogP contribution in [0.3, 0.4) is 0 Å². The molecule has 0 saturated heterocycles. The van der Waals surface area contributed by atoms with Gasteiger partial charge in [-0.05, 0) is 18.1 Å². The molecule has 5 nitrogen and oxygen atoms in total. The molecule has 0 aromatic carbocycles. The van der Waals surface area contributed by atoms with Gasteiger partial charge in [-0.2, -0.15) is 0 Å². The van der Waals surface area contributed by atoms with E-state index in [1.165, 1.54) is 12.3 Å². The van der Waals surface area contributed by atoms with Gasteiger partial charge in [0.1, 0.15) is 5.82 Å². The molecule has 3 N–H and O–H groups in total. The average Bonchev–Trinajstić information content (AvgIpc) is 2.45. The van der Waals surface area contributed by atoms with E-state index in [1.54, 1.807) is 13.2 Å². The number of halogens is 1. The van der Waals surface area contributed by atoms with E-state index < -0.39 is 0 Å². The Morgan fingerprint density at radius 2 is 2.20 bits per heavy atom. The topological polar surface area (TPSA) is 71.6 Å². The quantitative estimate of drug-likeness (QED) is 0.702. The van der Waals surface area contributed by atoms with Crippen LogP contribution in [0.1, 0.15) is 18.7 Å². The lowest BCUT2D eigenvalue weighted by Crippen LogP contribution is -2.37. The Morgan fingerprint density at radius 1 is 1.45 bits per heavy atom. The molecule has 0 saturated carbocycles. The fourth-order valence-corrected chi connectivity index (χ4v) is 2.05. The van der Waals surface area contributed by atoms with E-state index >= 15 is 0 Å². The van der Waals surface area contributed by atoms with Crippen LogP contribution in [0.5, 0.6) is 0 Å². The highest BCUT2D eigenvalue weighted by Crippen LogP contribution is 2.18. The molecule has 0 spiro atoms. The van der Waals surface area contributed by atoms with Crippen molar-refractivity contribution in [2.24, 2.45) is 11.7 Å². The normalized spacial score (nSPS) is 14.5. The van der Waals surface area contributed by atoms with E-state index in [9.17, 15) is 4.39 Å². The van der Waals surface area contributed by atoms with Crippen molar-refractivity contribution in [2.75, 3.05) is 40.0 Å². The van der Waals surface area contributed by atoms with Crippen LogP contribution in [0.4, 0.5) is 4.39 Å². The minimum atomic E-state index is -0.365. The first-order chi connectivity index (χ1) is 9.58. The van der Waals surface area contributed by atoms with Gasteiger partial charge in [0, 0.05) is 26.7 Å². The summed E-state index contributed by atoms with van der Waals surface area (Å²) in [5, 5.41) is 9.07. The second-order valence-corrected chi connectivity index (χ2v) is 4.92. The third-order valence-electron chi connectivity index (χ3n) is 3.28. The van der Waals surface area contributed by atoms with Crippen molar-refractivity contribution in [1.29, 1.82) is 0 Å². The molecule has 0 aliphatic rings. The number of rotatable bonds is 9. The number of nitrogens with two attached hydrogens (primary N) is 1. The third-order valence-corrected chi connectivity index (χ3v) is 3.28. The Labute approximate surface area is 119 Å². The van der Waals surface area contributed by atoms with Gasteiger partial charge in [0.2, 0.25) is 0 Å². The lowest BCUT2D eigenvalue weighted by molar-refractivity contribution is 0.117. The number of aliphatic hydroxyl groups excluding tert-OH is 1. The lowest BCUT2D eigenvalue weighted by Gasteiger charge is -2.27. The molecule has 1 aromatic heterocycles. The van der Waals surface area contributed by atoms with E-state index in [1.807, 2.05) is 6.92 Å². The van der Waals surface area contributed by atoms with Crippen molar-refractivity contribution < 1.29 is 14.2 Å². The number of hydrogen-bond acceptors (Lipinski definition) is 5. The van der Waals surface area contributed by atoms with Crippen molar-refractivity contribution >= 4 is 0 Å². The van der Waals surface area contributed by atoms with Crippen LogP contribution in [0.25, 0.3) is 0 Å². The van der Waals surface area contributed by atoms with Gasteiger partial charge in [-0.25, -0.2) is 4.39 Å². The Kier molecular flexibility index (Phi) is 7.61. The van der Waals surface area contributed by atoms with Crippen LogP contribution < -0.4 is 5.73 Å². The van der Waals surface area contributed by atoms with Crippen molar-refractivity contribution in [1.82, 2.24) is 9.88 Å². The summed E-state index contributed by atoms with van der Waals surface area (Å²) in [6, 6.07) is 2.72. The second kappa shape index (κ2) is 8.97. The monoisotopic (exact) mass is 285 g/mol. The van der Waals surface area contributed by atoms with E-state index in [0.717, 1.165) is 13.1 Å². The van der Waals surface area contributed by atoms with Crippen molar-refractivity contribution in [3.63, 3.8) is 0 Å². The fourth-order valence-electron chi connectivity index (χ4n) is 2.05. The molecule has 6 heteroatoms. The Hall–Kier alpha value is -1.08. The maximum absolute atomic E-state index is 12.8. The van der Waals surface area contributed by atoms with Gasteiger partial charge in [-0.3, -0.25) is 9.88 Å². The van der Waals surface area contributed by atoms with Gasteiger partial charge >= 0.3 is 0 Å². The van der Waals surface area contributed by atoms with E-state index in [0.29, 0.717) is 18.8 Å². The van der Waals surface area contributed by atoms with Gasteiger partial charge in [0.25, 0.3) is 0 Å². The summed E-state index contributed by atoms with van der Waals surface area (Å²) in [7, 11) is 1.65. The minimum Gasteiger partial charge on any atom is -0.395 e. The fraction of sp³-hybridized carbons (Fsp3) is 0.643. The molecule has 0 aliphatic carbocycles. The Morgan fingerprint density at radius 3 is 2.75 bits per heavy atom. The summed E-state index contributed by atoms with van der Waals surface area (Å²) >= 11 is 0. The van der Waals surface area contributed by atoms with Crippen molar-refractivity contribution in [2.45, 2.75) is 13.0 Å². The number of pyridine rings is 1. The molecule has 0 bridgehead atoms. The maximum atomic E-state index is 12.8. The summed E-state index contributed by atoms with van der Waals surface area (Å²) in [6.45, 7) is 4.77. The highest BCUT2D eigenvalue weighted by Gasteiger charge is 2.19. The van der Waals surface area contributed by atoms with Crippen molar-refractivity contribution in [3.05, 3.63) is 29.8 Å². The molecule has 20 heavy (non-hydrogen) atoms. The summed E-state index contributed by atoms with van der Waals surface area (Å²) in [6.07, 6.45) is 1.18. The molecule has 0 radical (unpaired) electrons. The SMILES string of the molecule is COCCN(CCO)CC(C)C(N)c1ccc(F)cn1. The molecule has 1 aromatic rings. The predicted octanol–water partition coefficient (Wildman–Crippen LogP) is 0.797. The third kappa shape index (κ3) is 5.50. The summed E-state index contributed by atoms with van der Waals surface area (Å²) in [4.78, 5) is 6.12. The molecule has 2 atom stereocenters. The molecule has 1 heterocycles. The van der Waals surface area contributed by atoms with Crippen LogP contribution in [-0.4, -0.2) is 54.9 Å². The van der Waals surface area contributed by atoms with Gasteiger partial charge < -0.3 is 15.6 Å². The van der Waals surface area contributed by atoms with Crippen LogP contribution in [-0.2, 0) is 4.74 Å². The molecular weight excluding hydrogens is 261 g/mol. The Balaban J connectivity index is 2.57. The standard InChI is InChI=1S/C14H24FN3O2/c1-11(10-18(5-7-19)6-8-20-2)14(16)13-4-3-12(15)9-17-13/h3-4,9,11,14,19H,5-8,10,16H2,1-2H3. The maximum Gasteiger partial charge on any atom is 0.141 e. The first-order valence-corrected chi connectivity index (χ1v) is 6.77. The number of hydrogen-bond donors (Lipinski definition) is 2. The Bertz CT molecular complexity index is 375. The lowest BCUT2D eigenvalue weighted by atomic mass is 9.98. The smallest absolute Gasteiger partial charge is 0.141 e. The number of ether oxygens (including phenoxy) is 1. The number of nitrogens with zero attached hydrogens (tertiary/aromatic N) is 2. The zero-order valence-corrected chi connectivity index (χ0v) is 12.1. The number of methoxy groups -OCH3 is 1. The van der Waals surface area contributed by atoms with E-state index in [4.69, 9.17) is 15.6 Å². The van der Waals surface area contributed by atoms with Crippen LogP contribution in [0, 0.1) is 11.7 Å². The average molecular weight is 285 g/mol. The summed E-state index contributed by atoms with van der Waals surface area (Å²) in [5.41, 5.74) is 6.83. The summed E-state index contributed by atoms with van der Waals surface area (Å²) in [5.74, 6) is -0.230. The molecule has 0 amide bonds. The first-order valence-electron chi connectivity index (χ1n) is 6.77. The van der Waals surface area contributed by atoms with Gasteiger partial charge in [-0.1, -0.05) is 6.92 Å². The predicted molar refractivity (Wildman–Crippen MR) is 75.7 cm³/mol. The minimum absolute atomic E-state index is 0.0977. The molecule has 1 rings (SSSR count). The highest BCUT2D eigenvalue weighted by molar-refractivity contribution is 5.10. The first kappa shape index (κ1) is 17.0. The molecule has 0 aliphatic heterocycles. The molecule has 0 fully saturated rings. The zero-order chi connectivity index (χ0) is 15.0. The largest absolute Gasteiger partial charge is 0.395 e. The molecular formula is C14H24FN3O2. The van der Waals surface area contributed by atoms with Gasteiger partial charge in [0.05, 0.1) is 31.1 Å². The number of aliphatic hydroxyl groups is 1. The zero-order valence-electron chi connectivity index (χ0n) is 12.1. The van der Waals surface area contributed by atoms with Crippen LogP contribution in [0.15, 0.2) is 18.3 Å². The van der Waals surface area contributed by atoms with Crippen molar-refractivity contribution in [3.8, 4) is 0 Å². The van der Waals surface area contributed by atoms with E-state index in [-0.39, 0.29) is 24.4 Å². The second-order valence-electron chi connectivity index (χ2n) is 4.92. The van der Waals surface area contributed by atoms with E-state index in [2.05, 4.69) is 9.88 Å². The van der Waals surface area contributed by atoms with Crippen LogP contribution >= 0.6 is 0 Å². The summed E-state index contributed by atoms with van der Waals surface area (Å²) < 4.78 is 17.9. The number of aromatic nitrogens is 1. The van der Waals surface area contributed by atoms with Gasteiger partial charge in [-0.15, -0.1) is 0 Å². The van der Waals surface area contributed by atoms with Crippen LogP contribution in [0.2, 0.25) is 0 Å². The molecule has 2 unspecified atom stereocenters. The molecule has 114 valence electrons. The highest BCUT2D eigenvalue weighted by atomic mass is 19.1.